The van der Waals surface area contributed by atoms with Gasteiger partial charge in [-0.15, -0.1) is 0 Å². The first-order valence-electron chi connectivity index (χ1n) is 6.71. The molecular weight excluding hydrogens is 296 g/mol. The van der Waals surface area contributed by atoms with Crippen LogP contribution in [0.25, 0.3) is 0 Å². The summed E-state index contributed by atoms with van der Waals surface area (Å²) in [4.78, 5) is 11.6. The highest BCUT2D eigenvalue weighted by atomic mass is 28.4. The van der Waals surface area contributed by atoms with E-state index in [9.17, 15) is 4.79 Å². The van der Waals surface area contributed by atoms with Crippen molar-refractivity contribution in [3.05, 3.63) is 12.2 Å². The van der Waals surface area contributed by atoms with Crippen molar-refractivity contribution < 1.29 is 32.3 Å². The van der Waals surface area contributed by atoms with E-state index in [4.69, 9.17) is 27.5 Å². The highest BCUT2D eigenvalue weighted by Gasteiger charge is 2.39. The Balaban J connectivity index is 2.53. The number of rotatable bonds is 11. The van der Waals surface area contributed by atoms with Crippen LogP contribution in [0.3, 0.4) is 0 Å². The first-order valence-corrected chi connectivity index (χ1v) is 8.64. The lowest BCUT2D eigenvalue weighted by atomic mass is 10.3. The molecule has 0 N–H and O–H groups in total. The fraction of sp³-hybridized carbons (Fsp3) is 0.769. The Kier molecular flexibility index (Phi) is 7.50. The SMILES string of the molecule is C=C(C)C(=O)OC(CC[Si](OC)(OC)OC)OCC1CO1. The monoisotopic (exact) mass is 320 g/mol. The Hall–Kier alpha value is -0.773. The summed E-state index contributed by atoms with van der Waals surface area (Å²) in [5.74, 6) is -0.490. The Bertz CT molecular complexity index is 344. The fourth-order valence-corrected chi connectivity index (χ4v) is 3.33. The summed E-state index contributed by atoms with van der Waals surface area (Å²) in [7, 11) is 1.88. The van der Waals surface area contributed by atoms with Crippen molar-refractivity contribution in [2.24, 2.45) is 0 Å². The smallest absolute Gasteiger partial charge is 0.432 e. The van der Waals surface area contributed by atoms with Crippen LogP contribution in [-0.4, -0.2) is 61.7 Å². The maximum Gasteiger partial charge on any atom is 0.500 e. The summed E-state index contributed by atoms with van der Waals surface area (Å²) in [6, 6.07) is 0.468. The number of esters is 1. The largest absolute Gasteiger partial charge is 0.500 e. The third-order valence-corrected chi connectivity index (χ3v) is 5.84. The molecule has 0 aromatic rings. The molecule has 1 aliphatic rings. The van der Waals surface area contributed by atoms with Crippen LogP contribution in [0.4, 0.5) is 0 Å². The van der Waals surface area contributed by atoms with E-state index in [1.54, 1.807) is 6.92 Å². The highest BCUT2D eigenvalue weighted by Crippen LogP contribution is 2.20. The minimum absolute atomic E-state index is 0.0882. The lowest BCUT2D eigenvalue weighted by molar-refractivity contribution is -0.176. The van der Waals surface area contributed by atoms with E-state index in [-0.39, 0.29) is 6.10 Å². The first-order chi connectivity index (χ1) is 9.96. The molecule has 0 radical (unpaired) electrons. The predicted octanol–water partition coefficient (Wildman–Crippen LogP) is 1.12. The van der Waals surface area contributed by atoms with E-state index in [1.807, 2.05) is 0 Å². The third-order valence-electron chi connectivity index (χ3n) is 3.08. The van der Waals surface area contributed by atoms with Crippen molar-refractivity contribution >= 4 is 14.8 Å². The third kappa shape index (κ3) is 6.25. The molecule has 21 heavy (non-hydrogen) atoms. The van der Waals surface area contributed by atoms with Crippen LogP contribution < -0.4 is 0 Å². The molecule has 0 aromatic heterocycles. The molecule has 1 fully saturated rings. The van der Waals surface area contributed by atoms with Crippen molar-refractivity contribution in [1.82, 2.24) is 0 Å². The quantitative estimate of drug-likeness (QED) is 0.186. The Morgan fingerprint density at radius 1 is 1.33 bits per heavy atom. The van der Waals surface area contributed by atoms with E-state index in [0.717, 1.165) is 0 Å². The molecule has 0 saturated carbocycles. The molecule has 0 bridgehead atoms. The molecule has 0 amide bonds. The van der Waals surface area contributed by atoms with Gasteiger partial charge >= 0.3 is 14.8 Å². The van der Waals surface area contributed by atoms with Crippen LogP contribution in [0.2, 0.25) is 6.04 Å². The maximum atomic E-state index is 11.6. The van der Waals surface area contributed by atoms with Gasteiger partial charge in [0, 0.05) is 39.4 Å². The van der Waals surface area contributed by atoms with Gasteiger partial charge in [0.2, 0.25) is 6.29 Å². The van der Waals surface area contributed by atoms with E-state index < -0.39 is 21.1 Å². The lowest BCUT2D eigenvalue weighted by Crippen LogP contribution is -2.43. The van der Waals surface area contributed by atoms with Gasteiger partial charge in [-0.1, -0.05) is 6.58 Å². The number of carbonyl (C=O) groups excluding carboxylic acids is 1. The lowest BCUT2D eigenvalue weighted by Gasteiger charge is -2.26. The second kappa shape index (κ2) is 8.62. The summed E-state index contributed by atoms with van der Waals surface area (Å²) >= 11 is 0. The summed E-state index contributed by atoms with van der Waals surface area (Å²) in [5.41, 5.74) is 0.319. The number of hydrogen-bond acceptors (Lipinski definition) is 7. The fourth-order valence-electron chi connectivity index (χ4n) is 1.63. The average Bonchev–Trinajstić information content (AvgIpc) is 3.30. The van der Waals surface area contributed by atoms with Crippen LogP contribution >= 0.6 is 0 Å². The van der Waals surface area contributed by atoms with E-state index in [0.29, 0.717) is 31.3 Å². The molecule has 7 nitrogen and oxygen atoms in total. The average molecular weight is 320 g/mol. The van der Waals surface area contributed by atoms with Crippen LogP contribution in [0.5, 0.6) is 0 Å². The normalized spacial score (nSPS) is 19.1. The number of carbonyl (C=O) groups is 1. The summed E-state index contributed by atoms with van der Waals surface area (Å²) in [6.07, 6.45) is -0.205. The van der Waals surface area contributed by atoms with E-state index >= 15 is 0 Å². The summed E-state index contributed by atoms with van der Waals surface area (Å²) in [5, 5.41) is 0. The maximum absolute atomic E-state index is 11.6. The number of epoxide rings is 1. The molecule has 1 aliphatic heterocycles. The van der Waals surface area contributed by atoms with Crippen molar-refractivity contribution in [2.75, 3.05) is 34.5 Å². The van der Waals surface area contributed by atoms with Gasteiger partial charge < -0.3 is 27.5 Å². The first kappa shape index (κ1) is 18.3. The molecule has 0 aromatic carbocycles. The summed E-state index contributed by atoms with van der Waals surface area (Å²) < 4.78 is 31.9. The van der Waals surface area contributed by atoms with Gasteiger partial charge in [-0.05, 0) is 6.92 Å². The molecule has 1 saturated heterocycles. The van der Waals surface area contributed by atoms with Crippen molar-refractivity contribution in [3.8, 4) is 0 Å². The van der Waals surface area contributed by atoms with Gasteiger partial charge in [-0.25, -0.2) is 4.79 Å². The zero-order valence-corrected chi connectivity index (χ0v) is 14.0. The molecule has 2 unspecified atom stereocenters. The Labute approximate surface area is 126 Å². The Morgan fingerprint density at radius 3 is 2.33 bits per heavy atom. The van der Waals surface area contributed by atoms with Gasteiger partial charge in [0.05, 0.1) is 13.2 Å². The van der Waals surface area contributed by atoms with Crippen LogP contribution in [0, 0.1) is 0 Å². The van der Waals surface area contributed by atoms with Crippen molar-refractivity contribution in [3.63, 3.8) is 0 Å². The molecule has 1 heterocycles. The van der Waals surface area contributed by atoms with Gasteiger partial charge in [-0.2, -0.15) is 0 Å². The highest BCUT2D eigenvalue weighted by molar-refractivity contribution is 6.60. The molecule has 0 aliphatic carbocycles. The molecule has 1 rings (SSSR count). The van der Waals surface area contributed by atoms with Gasteiger partial charge in [0.15, 0.2) is 0 Å². The van der Waals surface area contributed by atoms with Crippen molar-refractivity contribution in [2.45, 2.75) is 31.8 Å². The van der Waals surface area contributed by atoms with Crippen LogP contribution in [0.1, 0.15) is 13.3 Å². The van der Waals surface area contributed by atoms with Crippen LogP contribution in [-0.2, 0) is 32.3 Å². The second-order valence-corrected chi connectivity index (χ2v) is 7.83. The molecular formula is C13H24O7Si. The minimum atomic E-state index is -2.72. The molecule has 8 heteroatoms. The van der Waals surface area contributed by atoms with Gasteiger partial charge in [0.25, 0.3) is 0 Å². The van der Waals surface area contributed by atoms with Crippen molar-refractivity contribution in [1.29, 1.82) is 0 Å². The number of hydrogen-bond donors (Lipinski definition) is 0. The summed E-state index contributed by atoms with van der Waals surface area (Å²) in [6.45, 7) is 6.20. The second-order valence-electron chi connectivity index (χ2n) is 4.74. The Morgan fingerprint density at radius 2 is 1.90 bits per heavy atom. The molecule has 2 atom stereocenters. The zero-order chi connectivity index (χ0) is 15.9. The molecule has 122 valence electrons. The van der Waals surface area contributed by atoms with E-state index in [2.05, 4.69) is 6.58 Å². The minimum Gasteiger partial charge on any atom is -0.432 e. The topological polar surface area (TPSA) is 75.8 Å². The van der Waals surface area contributed by atoms with E-state index in [1.165, 1.54) is 21.3 Å². The zero-order valence-electron chi connectivity index (χ0n) is 13.0. The van der Waals surface area contributed by atoms with Gasteiger partial charge in [0.1, 0.15) is 6.10 Å². The predicted molar refractivity (Wildman–Crippen MR) is 76.6 cm³/mol. The standard InChI is InChI=1S/C13H24O7Si/c1-10(2)13(14)20-12(19-9-11-8-18-11)6-7-21(15-3,16-4)17-5/h11-12H,1,6-9H2,2-5H3. The van der Waals surface area contributed by atoms with Gasteiger partial charge in [-0.3, -0.25) is 0 Å². The number of ether oxygens (including phenoxy) is 3. The van der Waals surface area contributed by atoms with Crippen LogP contribution in [0.15, 0.2) is 12.2 Å². The molecule has 0 spiro atoms.